The molecule has 0 saturated carbocycles. The third-order valence-corrected chi connectivity index (χ3v) is 6.98. The molecule has 0 aliphatic carbocycles. The van der Waals surface area contributed by atoms with Gasteiger partial charge in [0.05, 0.1) is 29.8 Å². The fourth-order valence-corrected chi connectivity index (χ4v) is 5.40. The molecule has 2 saturated heterocycles. The zero-order valence-electron chi connectivity index (χ0n) is 18.3. The van der Waals surface area contributed by atoms with Crippen LogP contribution in [0.1, 0.15) is 33.1 Å². The van der Waals surface area contributed by atoms with E-state index in [0.717, 1.165) is 16.7 Å². The van der Waals surface area contributed by atoms with E-state index in [0.29, 0.717) is 5.69 Å². The van der Waals surface area contributed by atoms with Crippen molar-refractivity contribution in [3.05, 3.63) is 101 Å². The van der Waals surface area contributed by atoms with Crippen LogP contribution < -0.4 is 4.90 Å². The van der Waals surface area contributed by atoms with Crippen LogP contribution in [0.15, 0.2) is 77.9 Å². The van der Waals surface area contributed by atoms with Gasteiger partial charge in [-0.05, 0) is 54.4 Å². The van der Waals surface area contributed by atoms with Crippen molar-refractivity contribution in [1.29, 1.82) is 0 Å². The van der Waals surface area contributed by atoms with E-state index in [1.54, 1.807) is 23.4 Å². The normalized spacial score (nSPS) is 24.8. The van der Waals surface area contributed by atoms with E-state index in [2.05, 4.69) is 5.10 Å². The number of ketones is 1. The van der Waals surface area contributed by atoms with E-state index >= 15 is 0 Å². The molecule has 6 nitrogen and oxygen atoms in total. The number of benzene rings is 3. The standard InChI is InChI=1S/C27H20FN3O3/c1-15-6-12-19(13-7-15)30-26(33)21-22(27(30)34)24(25(32)16-8-10-18(28)11-9-16)31-23(21)20-5-3-2-4-17(20)14-29-31/h2-14,21-24H,1H3. The molecule has 34 heavy (non-hydrogen) atoms. The predicted molar refractivity (Wildman–Crippen MR) is 124 cm³/mol. The quantitative estimate of drug-likeness (QED) is 0.446. The Morgan fingerprint density at radius 3 is 2.29 bits per heavy atom. The van der Waals surface area contributed by atoms with Crippen LogP contribution in [-0.2, 0) is 9.59 Å². The average Bonchev–Trinajstić information content (AvgIpc) is 3.32. The molecule has 3 aliphatic heterocycles. The van der Waals surface area contributed by atoms with Crippen molar-refractivity contribution in [2.24, 2.45) is 16.9 Å². The molecule has 0 bridgehead atoms. The molecule has 0 radical (unpaired) electrons. The summed E-state index contributed by atoms with van der Waals surface area (Å²) >= 11 is 0. The number of fused-ring (bicyclic) bond motifs is 5. The summed E-state index contributed by atoms with van der Waals surface area (Å²) in [6.45, 7) is 1.93. The van der Waals surface area contributed by atoms with Gasteiger partial charge in [0.25, 0.3) is 0 Å². The van der Waals surface area contributed by atoms with Crippen LogP contribution in [0.2, 0.25) is 0 Å². The maximum Gasteiger partial charge on any atom is 0.240 e. The van der Waals surface area contributed by atoms with Crippen LogP contribution in [0, 0.1) is 24.6 Å². The molecule has 3 heterocycles. The second kappa shape index (κ2) is 7.45. The fourth-order valence-electron chi connectivity index (χ4n) is 5.40. The summed E-state index contributed by atoms with van der Waals surface area (Å²) in [6, 6.07) is 18.5. The molecule has 3 aromatic carbocycles. The molecule has 2 fully saturated rings. The highest BCUT2D eigenvalue weighted by molar-refractivity contribution is 6.24. The van der Waals surface area contributed by atoms with E-state index in [-0.39, 0.29) is 17.3 Å². The molecule has 0 N–H and O–H groups in total. The molecule has 0 spiro atoms. The molecule has 3 aliphatic rings. The molecular formula is C27H20FN3O3. The fraction of sp³-hybridized carbons (Fsp3) is 0.185. The van der Waals surface area contributed by atoms with Gasteiger partial charge in [-0.1, -0.05) is 42.0 Å². The lowest BCUT2D eigenvalue weighted by Crippen LogP contribution is -2.44. The molecule has 7 heteroatoms. The lowest BCUT2D eigenvalue weighted by Gasteiger charge is -2.33. The van der Waals surface area contributed by atoms with Gasteiger partial charge in [-0.15, -0.1) is 0 Å². The van der Waals surface area contributed by atoms with E-state index in [1.165, 1.54) is 29.2 Å². The summed E-state index contributed by atoms with van der Waals surface area (Å²) in [6.07, 6.45) is 1.66. The second-order valence-corrected chi connectivity index (χ2v) is 8.91. The molecule has 6 rings (SSSR count). The van der Waals surface area contributed by atoms with Crippen molar-refractivity contribution < 1.29 is 18.8 Å². The predicted octanol–water partition coefficient (Wildman–Crippen LogP) is 3.90. The van der Waals surface area contributed by atoms with Crippen LogP contribution in [0.4, 0.5) is 10.1 Å². The Hall–Kier alpha value is -4.13. The number of halogens is 1. The van der Waals surface area contributed by atoms with Crippen molar-refractivity contribution in [3.8, 4) is 0 Å². The molecule has 3 aromatic rings. The van der Waals surface area contributed by atoms with Gasteiger partial charge in [0.2, 0.25) is 11.8 Å². The lowest BCUT2D eigenvalue weighted by atomic mass is 9.83. The number of anilines is 1. The van der Waals surface area contributed by atoms with E-state index in [9.17, 15) is 18.8 Å². The van der Waals surface area contributed by atoms with Gasteiger partial charge in [-0.3, -0.25) is 19.4 Å². The maximum absolute atomic E-state index is 13.8. The zero-order valence-corrected chi connectivity index (χ0v) is 18.3. The largest absolute Gasteiger partial charge is 0.292 e. The first kappa shape index (κ1) is 20.5. The third kappa shape index (κ3) is 2.86. The number of carbonyl (C=O) groups excluding carboxylic acids is 3. The van der Waals surface area contributed by atoms with Crippen molar-refractivity contribution >= 4 is 29.5 Å². The molecule has 0 aromatic heterocycles. The number of hydrazone groups is 1. The Bertz CT molecular complexity index is 1370. The zero-order chi connectivity index (χ0) is 23.6. The summed E-state index contributed by atoms with van der Waals surface area (Å²) in [4.78, 5) is 42.4. The number of hydrogen-bond acceptors (Lipinski definition) is 5. The number of nitrogens with zero attached hydrogens (tertiary/aromatic N) is 3. The Morgan fingerprint density at radius 1 is 0.882 bits per heavy atom. The third-order valence-electron chi connectivity index (χ3n) is 6.98. The number of hydrogen-bond donors (Lipinski definition) is 0. The number of rotatable bonds is 3. The molecule has 2 amide bonds. The highest BCUT2D eigenvalue weighted by Crippen LogP contribution is 2.53. The Kier molecular flexibility index (Phi) is 4.49. The Morgan fingerprint density at radius 2 is 1.56 bits per heavy atom. The lowest BCUT2D eigenvalue weighted by molar-refractivity contribution is -0.124. The summed E-state index contributed by atoms with van der Waals surface area (Å²) in [5.74, 6) is -3.24. The van der Waals surface area contributed by atoms with Gasteiger partial charge in [0, 0.05) is 5.56 Å². The molecule has 4 atom stereocenters. The van der Waals surface area contributed by atoms with Crippen molar-refractivity contribution in [2.75, 3.05) is 4.90 Å². The number of amides is 2. The maximum atomic E-state index is 13.8. The second-order valence-electron chi connectivity index (χ2n) is 8.91. The molecule has 168 valence electrons. The van der Waals surface area contributed by atoms with Crippen molar-refractivity contribution in [2.45, 2.75) is 19.0 Å². The van der Waals surface area contributed by atoms with E-state index in [1.807, 2.05) is 43.3 Å². The number of aryl methyl sites for hydroxylation is 1. The Balaban J connectivity index is 1.49. The van der Waals surface area contributed by atoms with Gasteiger partial charge in [0.1, 0.15) is 11.9 Å². The minimum Gasteiger partial charge on any atom is -0.292 e. The number of carbonyl (C=O) groups is 3. The average molecular weight is 453 g/mol. The number of Topliss-reactive ketones (excluding diaryl/α,β-unsaturated/α-hetero) is 1. The van der Waals surface area contributed by atoms with Gasteiger partial charge < -0.3 is 0 Å². The highest BCUT2D eigenvalue weighted by Gasteiger charge is 2.65. The van der Waals surface area contributed by atoms with Crippen LogP contribution >= 0.6 is 0 Å². The van der Waals surface area contributed by atoms with Crippen molar-refractivity contribution in [1.82, 2.24) is 5.01 Å². The summed E-state index contributed by atoms with van der Waals surface area (Å²) in [5, 5.41) is 6.13. The van der Waals surface area contributed by atoms with E-state index in [4.69, 9.17) is 0 Å². The monoisotopic (exact) mass is 453 g/mol. The summed E-state index contributed by atoms with van der Waals surface area (Å²) in [7, 11) is 0. The molecule has 4 unspecified atom stereocenters. The van der Waals surface area contributed by atoms with Crippen LogP contribution in [0.3, 0.4) is 0 Å². The summed E-state index contributed by atoms with van der Waals surface area (Å²) in [5.41, 5.74) is 3.48. The molecular weight excluding hydrogens is 433 g/mol. The van der Waals surface area contributed by atoms with Gasteiger partial charge in [0.15, 0.2) is 5.78 Å². The highest BCUT2D eigenvalue weighted by atomic mass is 19.1. The van der Waals surface area contributed by atoms with Crippen LogP contribution in [-0.4, -0.2) is 34.9 Å². The topological polar surface area (TPSA) is 70.1 Å². The summed E-state index contributed by atoms with van der Waals surface area (Å²) < 4.78 is 13.5. The first-order chi connectivity index (χ1) is 16.5. The minimum absolute atomic E-state index is 0.272. The van der Waals surface area contributed by atoms with Gasteiger partial charge in [-0.25, -0.2) is 9.29 Å². The van der Waals surface area contributed by atoms with Crippen LogP contribution in [0.5, 0.6) is 0 Å². The van der Waals surface area contributed by atoms with Crippen LogP contribution in [0.25, 0.3) is 0 Å². The smallest absolute Gasteiger partial charge is 0.240 e. The number of imide groups is 1. The van der Waals surface area contributed by atoms with E-state index < -0.39 is 35.6 Å². The Labute approximate surface area is 195 Å². The van der Waals surface area contributed by atoms with Gasteiger partial charge in [-0.2, -0.15) is 5.10 Å². The van der Waals surface area contributed by atoms with Crippen molar-refractivity contribution in [3.63, 3.8) is 0 Å². The SMILES string of the molecule is Cc1ccc(N2C(=O)C3C(C2=O)C2c4ccccc4C=NN2C3C(=O)c2ccc(F)cc2)cc1. The minimum atomic E-state index is -0.975. The van der Waals surface area contributed by atoms with Gasteiger partial charge >= 0.3 is 0 Å². The first-order valence-electron chi connectivity index (χ1n) is 11.1. The first-order valence-corrected chi connectivity index (χ1v) is 11.1.